The highest BCUT2D eigenvalue weighted by Gasteiger charge is 2.57. The molecule has 0 spiro atoms. The van der Waals surface area contributed by atoms with Gasteiger partial charge in [-0.3, -0.25) is 19.7 Å². The van der Waals surface area contributed by atoms with Gasteiger partial charge in [-0.15, -0.1) is 0 Å². The number of nitro benzene ring substituents is 1. The number of ether oxygens (including phenoxy) is 2. The number of benzene rings is 1. The van der Waals surface area contributed by atoms with Gasteiger partial charge in [-0.2, -0.15) is 4.31 Å². The number of nitro groups is 1. The number of nitrogens with two attached hydrogens (primary N) is 1. The Hall–Kier alpha value is -2.77. The number of nitrogens with zero attached hydrogens (tertiary/aromatic N) is 3. The van der Waals surface area contributed by atoms with Gasteiger partial charge in [0.05, 0.1) is 37.3 Å². The summed E-state index contributed by atoms with van der Waals surface area (Å²) in [6, 6.07) is 2.06. The number of carbonyl (C=O) groups excluding carboxylic acids is 2. The van der Waals surface area contributed by atoms with Gasteiger partial charge < -0.3 is 20.1 Å². The van der Waals surface area contributed by atoms with Gasteiger partial charge in [0.2, 0.25) is 11.8 Å². The number of sulfonamides is 1. The van der Waals surface area contributed by atoms with E-state index in [4.69, 9.17) is 15.2 Å². The van der Waals surface area contributed by atoms with Crippen molar-refractivity contribution in [3.05, 3.63) is 28.3 Å². The molecule has 2 heterocycles. The summed E-state index contributed by atoms with van der Waals surface area (Å²) in [6.07, 6.45) is -1.90. The third kappa shape index (κ3) is 3.16. The van der Waals surface area contributed by atoms with Crippen molar-refractivity contribution in [2.45, 2.75) is 30.2 Å². The first-order chi connectivity index (χ1) is 13.1. The monoisotopic (exact) mass is 414 g/mol. The number of primary amides is 1. The van der Waals surface area contributed by atoms with Crippen LogP contribution < -0.4 is 10.5 Å². The van der Waals surface area contributed by atoms with Crippen LogP contribution in [-0.2, 0) is 24.3 Å². The third-order valence-corrected chi connectivity index (χ3v) is 6.50. The molecule has 152 valence electrons. The molecule has 0 saturated carbocycles. The topological polar surface area (TPSA) is 162 Å². The molecule has 0 aliphatic carbocycles. The Balaban J connectivity index is 2.05. The van der Waals surface area contributed by atoms with E-state index < -0.39 is 55.7 Å². The average Bonchev–Trinajstić information content (AvgIpc) is 2.90. The van der Waals surface area contributed by atoms with Crippen LogP contribution in [0.3, 0.4) is 0 Å². The summed E-state index contributed by atoms with van der Waals surface area (Å²) in [5.41, 5.74) is 4.45. The fourth-order valence-electron chi connectivity index (χ4n) is 3.40. The van der Waals surface area contributed by atoms with Crippen molar-refractivity contribution in [3.8, 4) is 5.75 Å². The zero-order chi connectivity index (χ0) is 20.8. The molecule has 0 radical (unpaired) electrons. The van der Waals surface area contributed by atoms with Crippen LogP contribution in [0.2, 0.25) is 0 Å². The van der Waals surface area contributed by atoms with Gasteiger partial charge in [-0.1, -0.05) is 0 Å². The van der Waals surface area contributed by atoms with E-state index in [9.17, 15) is 28.1 Å². The number of rotatable bonds is 6. The molecule has 2 fully saturated rings. The molecule has 28 heavy (non-hydrogen) atoms. The highest BCUT2D eigenvalue weighted by molar-refractivity contribution is 7.89. The van der Waals surface area contributed by atoms with Crippen LogP contribution in [0, 0.1) is 10.1 Å². The minimum Gasteiger partial charge on any atom is -0.497 e. The molecular weight excluding hydrogens is 396 g/mol. The Morgan fingerprint density at radius 2 is 2.14 bits per heavy atom. The van der Waals surface area contributed by atoms with E-state index in [0.29, 0.717) is 0 Å². The number of hydrogen-bond acceptors (Lipinski definition) is 8. The molecule has 3 atom stereocenters. The highest BCUT2D eigenvalue weighted by atomic mass is 32.2. The van der Waals surface area contributed by atoms with E-state index >= 15 is 0 Å². The Morgan fingerprint density at radius 1 is 1.46 bits per heavy atom. The van der Waals surface area contributed by atoms with Crippen molar-refractivity contribution in [2.24, 2.45) is 5.73 Å². The van der Waals surface area contributed by atoms with Crippen LogP contribution in [0.5, 0.6) is 5.75 Å². The quantitative estimate of drug-likeness (QED) is 0.459. The number of hydrogen-bond donors (Lipinski definition) is 1. The number of fused-ring (bicyclic) bond motifs is 2. The van der Waals surface area contributed by atoms with E-state index in [0.717, 1.165) is 21.3 Å². The molecule has 0 aromatic heterocycles. The SMILES string of the molecule is COc1ccc(S(=O)(=O)N2[C@@H]3CN(CC(N)=O)C(=O)[C@@H]2[C@@H](C)O3)c([N+](=O)[O-])c1. The van der Waals surface area contributed by atoms with E-state index in [-0.39, 0.29) is 18.8 Å². The largest absolute Gasteiger partial charge is 0.497 e. The molecule has 2 bridgehead atoms. The van der Waals surface area contributed by atoms with Gasteiger partial charge in [-0.05, 0) is 19.1 Å². The summed E-state index contributed by atoms with van der Waals surface area (Å²) in [6.45, 7) is 0.922. The lowest BCUT2D eigenvalue weighted by atomic mass is 10.1. The Morgan fingerprint density at radius 3 is 2.71 bits per heavy atom. The second-order valence-corrected chi connectivity index (χ2v) is 8.16. The van der Waals surface area contributed by atoms with Gasteiger partial charge in [-0.25, -0.2) is 8.42 Å². The summed E-state index contributed by atoms with van der Waals surface area (Å²) in [5.74, 6) is -1.29. The van der Waals surface area contributed by atoms with Crippen molar-refractivity contribution in [1.82, 2.24) is 9.21 Å². The van der Waals surface area contributed by atoms with Gasteiger partial charge in [0, 0.05) is 0 Å². The molecule has 2 aliphatic heterocycles. The van der Waals surface area contributed by atoms with Crippen molar-refractivity contribution in [3.63, 3.8) is 0 Å². The minimum absolute atomic E-state index is 0.112. The Kier molecular flexibility index (Phi) is 4.99. The first kappa shape index (κ1) is 20.0. The van der Waals surface area contributed by atoms with Gasteiger partial charge in [0.15, 0.2) is 4.90 Å². The number of carbonyl (C=O) groups is 2. The lowest BCUT2D eigenvalue weighted by Crippen LogP contribution is -2.61. The zero-order valence-corrected chi connectivity index (χ0v) is 15.8. The van der Waals surface area contributed by atoms with E-state index in [2.05, 4.69) is 0 Å². The summed E-state index contributed by atoms with van der Waals surface area (Å²) in [4.78, 5) is 35.0. The van der Waals surface area contributed by atoms with Crippen LogP contribution in [0.15, 0.2) is 23.1 Å². The van der Waals surface area contributed by atoms with Crippen molar-refractivity contribution >= 4 is 27.5 Å². The summed E-state index contributed by atoms with van der Waals surface area (Å²) < 4.78 is 37.8. The van der Waals surface area contributed by atoms with E-state index in [1.54, 1.807) is 0 Å². The fourth-order valence-corrected chi connectivity index (χ4v) is 5.25. The summed E-state index contributed by atoms with van der Waals surface area (Å²) in [7, 11) is -3.18. The number of amides is 2. The average molecular weight is 414 g/mol. The van der Waals surface area contributed by atoms with Crippen LogP contribution in [0.25, 0.3) is 0 Å². The summed E-state index contributed by atoms with van der Waals surface area (Å²) >= 11 is 0. The summed E-state index contributed by atoms with van der Waals surface area (Å²) in [5, 5.41) is 11.4. The molecule has 12 nitrogen and oxygen atoms in total. The fraction of sp³-hybridized carbons (Fsp3) is 0.467. The van der Waals surface area contributed by atoms with E-state index in [1.165, 1.54) is 20.1 Å². The standard InChI is InChI=1S/C15H18N4O8S/c1-8-14-15(21)17(6-12(16)20)7-13(27-8)18(14)28(24,25)11-4-3-9(26-2)5-10(11)19(22)23/h3-5,8,13-14H,6-7H2,1-2H3,(H2,16,20)/t8-,13+,14+/m1/s1. The highest BCUT2D eigenvalue weighted by Crippen LogP contribution is 2.38. The predicted octanol–water partition coefficient (Wildman–Crippen LogP) is -0.965. The van der Waals surface area contributed by atoms with Gasteiger partial charge >= 0.3 is 0 Å². The molecule has 2 amide bonds. The number of methoxy groups -OCH3 is 1. The maximum atomic E-state index is 13.2. The molecule has 1 aromatic carbocycles. The molecule has 2 N–H and O–H groups in total. The molecule has 2 aliphatic rings. The third-order valence-electron chi connectivity index (χ3n) is 4.58. The first-order valence-corrected chi connectivity index (χ1v) is 9.60. The lowest BCUT2D eigenvalue weighted by Gasteiger charge is -2.37. The van der Waals surface area contributed by atoms with Crippen LogP contribution in [0.1, 0.15) is 6.92 Å². The van der Waals surface area contributed by atoms with Crippen LogP contribution >= 0.6 is 0 Å². The maximum absolute atomic E-state index is 13.2. The smallest absolute Gasteiger partial charge is 0.293 e. The second kappa shape index (κ2) is 7.00. The van der Waals surface area contributed by atoms with Gasteiger partial charge in [0.25, 0.3) is 15.7 Å². The Labute approximate surface area is 160 Å². The van der Waals surface area contributed by atoms with Crippen molar-refractivity contribution in [2.75, 3.05) is 20.2 Å². The first-order valence-electron chi connectivity index (χ1n) is 8.16. The maximum Gasteiger partial charge on any atom is 0.293 e. The van der Waals surface area contributed by atoms with Crippen molar-refractivity contribution < 1.29 is 32.4 Å². The van der Waals surface area contributed by atoms with E-state index in [1.807, 2.05) is 0 Å². The molecule has 0 unspecified atom stereocenters. The van der Waals surface area contributed by atoms with Crippen molar-refractivity contribution in [1.29, 1.82) is 0 Å². The number of piperazine rings is 1. The molecular formula is C15H18N4O8S. The Bertz CT molecular complexity index is 949. The van der Waals surface area contributed by atoms with Crippen LogP contribution in [0.4, 0.5) is 5.69 Å². The van der Waals surface area contributed by atoms with Gasteiger partial charge in [0.1, 0.15) is 18.0 Å². The normalized spacial score (nSPS) is 25.0. The molecule has 3 rings (SSSR count). The minimum atomic E-state index is -4.47. The molecule has 2 saturated heterocycles. The second-order valence-electron chi connectivity index (χ2n) is 6.35. The predicted molar refractivity (Wildman–Crippen MR) is 92.6 cm³/mol. The lowest BCUT2D eigenvalue weighted by molar-refractivity contribution is -0.388. The molecule has 1 aromatic rings. The zero-order valence-electron chi connectivity index (χ0n) is 15.0. The molecule has 13 heteroatoms. The van der Waals surface area contributed by atoms with Crippen LogP contribution in [-0.4, -0.2) is 72.9 Å².